The van der Waals surface area contributed by atoms with E-state index < -0.39 is 17.7 Å². The Morgan fingerprint density at radius 2 is 1.79 bits per heavy atom. The van der Waals surface area contributed by atoms with Gasteiger partial charge >= 0.3 is 12.1 Å². The maximum absolute atomic E-state index is 11.7. The first kappa shape index (κ1) is 17.7. The van der Waals surface area contributed by atoms with Crippen molar-refractivity contribution in [2.75, 3.05) is 14.2 Å². The number of carbonyl (C=O) groups excluding carboxylic acids is 2. The summed E-state index contributed by atoms with van der Waals surface area (Å²) in [5.74, 6) is -0.0840. The number of carbonyl (C=O) groups is 2. The van der Waals surface area contributed by atoms with Crippen molar-refractivity contribution in [2.45, 2.75) is 52.7 Å². The summed E-state index contributed by atoms with van der Waals surface area (Å²) < 4.78 is 9.88. The number of likely N-dealkylation sites (N-methyl/N-ethyl adjacent to an activating group) is 1. The van der Waals surface area contributed by atoms with Crippen LogP contribution in [-0.4, -0.2) is 42.9 Å². The van der Waals surface area contributed by atoms with Gasteiger partial charge in [0.05, 0.1) is 7.11 Å². The minimum atomic E-state index is -0.590. The highest BCUT2D eigenvalue weighted by molar-refractivity contribution is 5.76. The number of rotatable bonds is 5. The standard InChI is InChI=1S/C13H26N2O4/c1-9(2)8-10(11(16)18-7)15(6)14-12(17)19-13(3,4)5/h9-10H,8H2,1-7H3,(H,14,17)/t10-/m1/s1. The summed E-state index contributed by atoms with van der Waals surface area (Å²) >= 11 is 0. The van der Waals surface area contributed by atoms with Crippen LogP contribution in [0.3, 0.4) is 0 Å². The van der Waals surface area contributed by atoms with E-state index in [1.54, 1.807) is 27.8 Å². The van der Waals surface area contributed by atoms with Gasteiger partial charge in [0.1, 0.15) is 11.6 Å². The molecular formula is C13H26N2O4. The Morgan fingerprint density at radius 1 is 1.26 bits per heavy atom. The second kappa shape index (κ2) is 7.33. The first-order chi connectivity index (χ1) is 8.56. The molecule has 0 rings (SSSR count). The molecule has 112 valence electrons. The fourth-order valence-corrected chi connectivity index (χ4v) is 1.52. The van der Waals surface area contributed by atoms with Gasteiger partial charge in [-0.15, -0.1) is 0 Å². The molecule has 0 saturated carbocycles. The predicted octanol–water partition coefficient (Wildman–Crippen LogP) is 1.95. The van der Waals surface area contributed by atoms with Crippen LogP contribution in [0.5, 0.6) is 0 Å². The van der Waals surface area contributed by atoms with Crippen LogP contribution in [0, 0.1) is 5.92 Å². The zero-order valence-corrected chi connectivity index (χ0v) is 12.9. The van der Waals surface area contributed by atoms with E-state index in [-0.39, 0.29) is 5.97 Å². The van der Waals surface area contributed by atoms with E-state index in [4.69, 9.17) is 9.47 Å². The Labute approximate surface area is 115 Å². The van der Waals surface area contributed by atoms with Crippen LogP contribution in [0.1, 0.15) is 41.0 Å². The molecule has 1 atom stereocenters. The highest BCUT2D eigenvalue weighted by Gasteiger charge is 2.27. The Balaban J connectivity index is 4.59. The zero-order chi connectivity index (χ0) is 15.2. The lowest BCUT2D eigenvalue weighted by molar-refractivity contribution is -0.148. The van der Waals surface area contributed by atoms with E-state index in [2.05, 4.69) is 5.43 Å². The van der Waals surface area contributed by atoms with Crippen LogP contribution in [0.4, 0.5) is 4.79 Å². The van der Waals surface area contributed by atoms with Gasteiger partial charge in [0.25, 0.3) is 0 Å². The quantitative estimate of drug-likeness (QED) is 0.613. The lowest BCUT2D eigenvalue weighted by Crippen LogP contribution is -2.51. The van der Waals surface area contributed by atoms with Crippen molar-refractivity contribution < 1.29 is 19.1 Å². The highest BCUT2D eigenvalue weighted by atomic mass is 16.6. The van der Waals surface area contributed by atoms with Crippen molar-refractivity contribution in [2.24, 2.45) is 5.92 Å². The molecule has 0 heterocycles. The SMILES string of the molecule is COC(=O)[C@@H](CC(C)C)N(C)NC(=O)OC(C)(C)C. The molecule has 0 aromatic carbocycles. The van der Waals surface area contributed by atoms with E-state index >= 15 is 0 Å². The molecular weight excluding hydrogens is 248 g/mol. The number of nitrogens with one attached hydrogen (secondary N) is 1. The summed E-state index contributed by atoms with van der Waals surface area (Å²) in [5, 5.41) is 1.43. The van der Waals surface area contributed by atoms with Gasteiger partial charge in [-0.2, -0.15) is 0 Å². The van der Waals surface area contributed by atoms with E-state index in [1.165, 1.54) is 12.1 Å². The molecule has 6 nitrogen and oxygen atoms in total. The normalized spacial score (nSPS) is 13.3. The van der Waals surface area contributed by atoms with Gasteiger partial charge in [-0.05, 0) is 33.1 Å². The smallest absolute Gasteiger partial charge is 0.422 e. The van der Waals surface area contributed by atoms with Crippen LogP contribution in [0.15, 0.2) is 0 Å². The van der Waals surface area contributed by atoms with Crippen molar-refractivity contribution >= 4 is 12.1 Å². The van der Waals surface area contributed by atoms with Gasteiger partial charge in [0, 0.05) is 7.05 Å². The van der Waals surface area contributed by atoms with Gasteiger partial charge < -0.3 is 9.47 Å². The van der Waals surface area contributed by atoms with Gasteiger partial charge in [-0.1, -0.05) is 13.8 Å². The number of hydrogen-bond acceptors (Lipinski definition) is 5. The van der Waals surface area contributed by atoms with Crippen LogP contribution in [0.2, 0.25) is 0 Å². The monoisotopic (exact) mass is 274 g/mol. The van der Waals surface area contributed by atoms with Crippen LogP contribution in [-0.2, 0) is 14.3 Å². The van der Waals surface area contributed by atoms with Crippen molar-refractivity contribution in [1.29, 1.82) is 0 Å². The molecule has 1 N–H and O–H groups in total. The first-order valence-corrected chi connectivity index (χ1v) is 6.37. The number of methoxy groups -OCH3 is 1. The molecule has 0 radical (unpaired) electrons. The molecule has 0 aliphatic heterocycles. The summed E-state index contributed by atoms with van der Waals surface area (Å²) in [6.45, 7) is 9.32. The minimum Gasteiger partial charge on any atom is -0.468 e. The van der Waals surface area contributed by atoms with E-state index in [0.717, 1.165) is 0 Å². The maximum Gasteiger partial charge on any atom is 0.422 e. The van der Waals surface area contributed by atoms with Crippen molar-refractivity contribution in [1.82, 2.24) is 10.4 Å². The van der Waals surface area contributed by atoms with E-state index in [0.29, 0.717) is 12.3 Å². The second-order valence-corrected chi connectivity index (χ2v) is 5.89. The highest BCUT2D eigenvalue weighted by Crippen LogP contribution is 2.11. The van der Waals surface area contributed by atoms with Crippen LogP contribution >= 0.6 is 0 Å². The summed E-state index contributed by atoms with van der Waals surface area (Å²) in [4.78, 5) is 23.3. The fourth-order valence-electron chi connectivity index (χ4n) is 1.52. The summed E-state index contributed by atoms with van der Waals surface area (Å²) in [7, 11) is 2.95. The molecule has 0 aliphatic carbocycles. The Kier molecular flexibility index (Phi) is 6.83. The van der Waals surface area contributed by atoms with Gasteiger partial charge in [0.15, 0.2) is 0 Å². The minimum absolute atomic E-state index is 0.298. The lowest BCUT2D eigenvalue weighted by atomic mass is 10.0. The number of hydrazine groups is 1. The first-order valence-electron chi connectivity index (χ1n) is 6.37. The molecule has 0 aromatic heterocycles. The number of amides is 1. The molecule has 0 spiro atoms. The molecule has 0 saturated heterocycles. The molecule has 0 unspecified atom stereocenters. The van der Waals surface area contributed by atoms with Crippen LogP contribution < -0.4 is 5.43 Å². The number of esters is 1. The molecule has 0 aromatic rings. The third-order valence-corrected chi connectivity index (χ3v) is 2.30. The third-order valence-electron chi connectivity index (χ3n) is 2.30. The second-order valence-electron chi connectivity index (χ2n) is 5.89. The maximum atomic E-state index is 11.7. The topological polar surface area (TPSA) is 67.9 Å². The number of hydrogen-bond donors (Lipinski definition) is 1. The average molecular weight is 274 g/mol. The van der Waals surface area contributed by atoms with Crippen molar-refractivity contribution in [3.05, 3.63) is 0 Å². The Morgan fingerprint density at radius 3 is 2.16 bits per heavy atom. The largest absolute Gasteiger partial charge is 0.468 e. The summed E-state index contributed by atoms with van der Waals surface area (Å²) in [6.07, 6.45) is -0.00782. The fraction of sp³-hybridized carbons (Fsp3) is 0.846. The van der Waals surface area contributed by atoms with Gasteiger partial charge in [-0.3, -0.25) is 10.2 Å². The van der Waals surface area contributed by atoms with Gasteiger partial charge in [-0.25, -0.2) is 9.80 Å². The Hall–Kier alpha value is -1.30. The lowest BCUT2D eigenvalue weighted by Gasteiger charge is -2.28. The molecule has 0 bridgehead atoms. The van der Waals surface area contributed by atoms with Crippen LogP contribution in [0.25, 0.3) is 0 Å². The van der Waals surface area contributed by atoms with E-state index in [9.17, 15) is 9.59 Å². The predicted molar refractivity (Wildman–Crippen MR) is 72.4 cm³/mol. The number of ether oxygens (including phenoxy) is 2. The summed E-state index contributed by atoms with van der Waals surface area (Å²) in [6, 6.07) is -0.530. The van der Waals surface area contributed by atoms with Crippen molar-refractivity contribution in [3.63, 3.8) is 0 Å². The molecule has 6 heteroatoms. The van der Waals surface area contributed by atoms with Gasteiger partial charge in [0.2, 0.25) is 0 Å². The molecule has 19 heavy (non-hydrogen) atoms. The number of nitrogens with zero attached hydrogens (tertiary/aromatic N) is 1. The van der Waals surface area contributed by atoms with Crippen molar-refractivity contribution in [3.8, 4) is 0 Å². The molecule has 1 amide bonds. The average Bonchev–Trinajstić information content (AvgIpc) is 2.21. The van der Waals surface area contributed by atoms with E-state index in [1.807, 2.05) is 13.8 Å². The zero-order valence-electron chi connectivity index (χ0n) is 12.9. The molecule has 0 fully saturated rings. The Bertz CT molecular complexity index is 310. The molecule has 0 aliphatic rings. The summed E-state index contributed by atoms with van der Waals surface area (Å²) in [5.41, 5.74) is 1.95. The third kappa shape index (κ3) is 7.66.